The van der Waals surface area contributed by atoms with E-state index in [9.17, 15) is 26.7 Å². The fourth-order valence-electron chi connectivity index (χ4n) is 3.35. The minimum absolute atomic E-state index is 0.0186. The Kier molecular flexibility index (Phi) is 6.81. The smallest absolute Gasteiger partial charge is 0.340 e. The van der Waals surface area contributed by atoms with Gasteiger partial charge < -0.3 is 4.90 Å². The van der Waals surface area contributed by atoms with Gasteiger partial charge in [0.2, 0.25) is 5.91 Å². The van der Waals surface area contributed by atoms with Gasteiger partial charge in [0.1, 0.15) is 0 Å². The van der Waals surface area contributed by atoms with Crippen LogP contribution in [0.4, 0.5) is 22.0 Å². The van der Waals surface area contributed by atoms with E-state index >= 15 is 0 Å². The Morgan fingerprint density at radius 2 is 1.83 bits per heavy atom. The Bertz CT molecular complexity index is 922. The molecule has 0 radical (unpaired) electrons. The van der Waals surface area contributed by atoms with Crippen molar-refractivity contribution in [2.75, 3.05) is 26.2 Å². The predicted octanol–water partition coefficient (Wildman–Crippen LogP) is 3.99. The molecule has 0 bridgehead atoms. The molecular weight excluding hydrogens is 475 g/mol. The number of piperazine rings is 1. The van der Waals surface area contributed by atoms with Crippen LogP contribution < -0.4 is 0 Å². The van der Waals surface area contributed by atoms with E-state index in [4.69, 9.17) is 0 Å². The lowest BCUT2D eigenvalue weighted by atomic mass is 10.1. The van der Waals surface area contributed by atoms with Crippen molar-refractivity contribution in [3.63, 3.8) is 0 Å². The van der Waals surface area contributed by atoms with Crippen LogP contribution in [0, 0.1) is 18.6 Å². The lowest BCUT2D eigenvalue weighted by Gasteiger charge is -2.35. The first kappa shape index (κ1) is 22.7. The predicted molar refractivity (Wildman–Crippen MR) is 102 cm³/mol. The summed E-state index contributed by atoms with van der Waals surface area (Å²) in [6, 6.07) is 4.04. The molecule has 2 aromatic rings. The normalized spacial score (nSPS) is 15.6. The molecule has 0 spiro atoms. The van der Waals surface area contributed by atoms with Crippen LogP contribution in [0.2, 0.25) is 0 Å². The number of benzene rings is 1. The molecule has 0 N–H and O–H groups in total. The first-order valence-corrected chi connectivity index (χ1v) is 10.1. The van der Waals surface area contributed by atoms with Crippen molar-refractivity contribution in [1.82, 2.24) is 19.6 Å². The molecule has 11 heteroatoms. The van der Waals surface area contributed by atoms with Crippen LogP contribution in [0.3, 0.4) is 0 Å². The molecular formula is C19H20BrF5N4O. The molecule has 1 aliphatic rings. The van der Waals surface area contributed by atoms with Gasteiger partial charge in [-0.25, -0.2) is 8.78 Å². The van der Waals surface area contributed by atoms with Gasteiger partial charge in [-0.05, 0) is 28.9 Å². The first-order valence-electron chi connectivity index (χ1n) is 9.31. The summed E-state index contributed by atoms with van der Waals surface area (Å²) < 4.78 is 67.0. The van der Waals surface area contributed by atoms with Crippen LogP contribution in [-0.4, -0.2) is 51.7 Å². The van der Waals surface area contributed by atoms with Gasteiger partial charge in [0, 0.05) is 44.7 Å². The maximum absolute atomic E-state index is 13.8. The number of amides is 1. The van der Waals surface area contributed by atoms with E-state index in [1.54, 1.807) is 4.90 Å². The molecule has 5 nitrogen and oxygen atoms in total. The third-order valence-electron chi connectivity index (χ3n) is 5.09. The largest absolute Gasteiger partial charge is 0.436 e. The van der Waals surface area contributed by atoms with Gasteiger partial charge in [-0.2, -0.15) is 18.3 Å². The van der Waals surface area contributed by atoms with E-state index in [0.717, 1.165) is 6.07 Å². The molecule has 1 aromatic heterocycles. The topological polar surface area (TPSA) is 41.4 Å². The van der Waals surface area contributed by atoms with Crippen molar-refractivity contribution < 1.29 is 26.7 Å². The molecule has 164 valence electrons. The van der Waals surface area contributed by atoms with E-state index in [0.29, 0.717) is 31.9 Å². The summed E-state index contributed by atoms with van der Waals surface area (Å²) >= 11 is 2.91. The van der Waals surface area contributed by atoms with Crippen molar-refractivity contribution in [1.29, 1.82) is 0 Å². The minimum Gasteiger partial charge on any atom is -0.340 e. The van der Waals surface area contributed by atoms with Gasteiger partial charge in [0.05, 0.1) is 16.7 Å². The fraction of sp³-hybridized carbons (Fsp3) is 0.474. The number of hydrogen-bond acceptors (Lipinski definition) is 3. The highest BCUT2D eigenvalue weighted by atomic mass is 79.9. The summed E-state index contributed by atoms with van der Waals surface area (Å²) in [5, 5.41) is 3.57. The molecule has 1 aromatic carbocycles. The lowest BCUT2D eigenvalue weighted by Crippen LogP contribution is -2.48. The Morgan fingerprint density at radius 1 is 1.17 bits per heavy atom. The van der Waals surface area contributed by atoms with Gasteiger partial charge in [0.25, 0.3) is 0 Å². The van der Waals surface area contributed by atoms with Crippen LogP contribution in [0.1, 0.15) is 23.4 Å². The number of carbonyl (C=O) groups excluding carboxylic acids is 1. The molecule has 2 heterocycles. The number of alkyl halides is 3. The van der Waals surface area contributed by atoms with E-state index in [2.05, 4.69) is 21.0 Å². The molecule has 1 aliphatic heterocycles. The Morgan fingerprint density at radius 3 is 2.43 bits per heavy atom. The van der Waals surface area contributed by atoms with Crippen molar-refractivity contribution in [3.05, 3.63) is 51.3 Å². The highest BCUT2D eigenvalue weighted by molar-refractivity contribution is 9.10. The second-order valence-corrected chi connectivity index (χ2v) is 7.88. The second kappa shape index (κ2) is 9.01. The van der Waals surface area contributed by atoms with Gasteiger partial charge in [0.15, 0.2) is 17.3 Å². The quantitative estimate of drug-likeness (QED) is 0.590. The molecule has 1 fully saturated rings. The average molecular weight is 495 g/mol. The summed E-state index contributed by atoms with van der Waals surface area (Å²) in [5.74, 6) is -1.95. The maximum Gasteiger partial charge on any atom is 0.436 e. The second-order valence-electron chi connectivity index (χ2n) is 7.09. The number of aryl methyl sites for hydroxylation is 1. The van der Waals surface area contributed by atoms with E-state index in [1.807, 2.05) is 4.90 Å². The monoisotopic (exact) mass is 494 g/mol. The Hall–Kier alpha value is -2.01. The van der Waals surface area contributed by atoms with Crippen LogP contribution in [0.15, 0.2) is 22.7 Å². The minimum atomic E-state index is -4.57. The molecule has 0 unspecified atom stereocenters. The number of nitrogens with zero attached hydrogens (tertiary/aromatic N) is 4. The standard InChI is InChI=1S/C19H20BrF5N4O/c1-12-16(20)18(19(23,24)25)26-29(12)6-5-15(30)28-9-7-27(8-10-28)11-13-3-2-4-14(21)17(13)22/h2-4H,5-11H2,1H3. The number of rotatable bonds is 5. The average Bonchev–Trinajstić information content (AvgIpc) is 2.99. The van der Waals surface area contributed by atoms with E-state index < -0.39 is 23.5 Å². The fourth-order valence-corrected chi connectivity index (χ4v) is 3.86. The zero-order chi connectivity index (χ0) is 22.1. The summed E-state index contributed by atoms with van der Waals surface area (Å²) in [5.41, 5.74) is -0.447. The van der Waals surface area contributed by atoms with Crippen molar-refractivity contribution in [2.45, 2.75) is 32.6 Å². The lowest BCUT2D eigenvalue weighted by molar-refractivity contribution is -0.142. The van der Waals surface area contributed by atoms with Gasteiger partial charge in [-0.3, -0.25) is 14.4 Å². The molecule has 1 amide bonds. The maximum atomic E-state index is 13.8. The molecule has 30 heavy (non-hydrogen) atoms. The number of carbonyl (C=O) groups is 1. The van der Waals surface area contributed by atoms with Crippen LogP contribution >= 0.6 is 15.9 Å². The molecule has 0 aliphatic carbocycles. The zero-order valence-electron chi connectivity index (χ0n) is 16.1. The van der Waals surface area contributed by atoms with Crippen LogP contribution in [-0.2, 0) is 24.1 Å². The molecule has 0 saturated carbocycles. The SMILES string of the molecule is Cc1c(Br)c(C(F)(F)F)nn1CCC(=O)N1CCN(Cc2cccc(F)c2F)CC1. The third kappa shape index (κ3) is 5.00. The van der Waals surface area contributed by atoms with E-state index in [1.165, 1.54) is 23.7 Å². The first-order chi connectivity index (χ1) is 14.1. The van der Waals surface area contributed by atoms with Crippen LogP contribution in [0.5, 0.6) is 0 Å². The van der Waals surface area contributed by atoms with E-state index in [-0.39, 0.29) is 35.5 Å². The molecule has 0 atom stereocenters. The van der Waals surface area contributed by atoms with Crippen molar-refractivity contribution in [2.24, 2.45) is 0 Å². The van der Waals surface area contributed by atoms with Crippen molar-refractivity contribution in [3.8, 4) is 0 Å². The number of hydrogen-bond donors (Lipinski definition) is 0. The van der Waals surface area contributed by atoms with Gasteiger partial charge in [-0.15, -0.1) is 0 Å². The summed E-state index contributed by atoms with van der Waals surface area (Å²) in [6.07, 6.45) is -4.55. The third-order valence-corrected chi connectivity index (χ3v) is 6.04. The van der Waals surface area contributed by atoms with Crippen LogP contribution in [0.25, 0.3) is 0 Å². The summed E-state index contributed by atoms with van der Waals surface area (Å²) in [6.45, 7) is 3.58. The highest BCUT2D eigenvalue weighted by Crippen LogP contribution is 2.35. The Balaban J connectivity index is 1.52. The highest BCUT2D eigenvalue weighted by Gasteiger charge is 2.38. The summed E-state index contributed by atoms with van der Waals surface area (Å²) in [7, 11) is 0. The van der Waals surface area contributed by atoms with Gasteiger partial charge in [-0.1, -0.05) is 12.1 Å². The zero-order valence-corrected chi connectivity index (χ0v) is 17.7. The Labute approximate surface area is 178 Å². The molecule has 3 rings (SSSR count). The number of halogens is 6. The van der Waals surface area contributed by atoms with Crippen molar-refractivity contribution >= 4 is 21.8 Å². The molecule has 1 saturated heterocycles. The summed E-state index contributed by atoms with van der Waals surface area (Å²) in [4.78, 5) is 16.0. The van der Waals surface area contributed by atoms with Gasteiger partial charge >= 0.3 is 6.18 Å². The number of aromatic nitrogens is 2.